The van der Waals surface area contributed by atoms with E-state index in [0.717, 1.165) is 44.9 Å². The van der Waals surface area contributed by atoms with Crippen LogP contribution in [0.2, 0.25) is 0 Å². The molecule has 2 saturated heterocycles. The number of hydrogen-bond acceptors (Lipinski definition) is 7. The van der Waals surface area contributed by atoms with E-state index in [1.807, 2.05) is 0 Å². The molecule has 0 radical (unpaired) electrons. The Morgan fingerprint density at radius 1 is 1.21 bits per heavy atom. The molecule has 28 heavy (non-hydrogen) atoms. The fraction of sp³-hybridized carbons (Fsp3) is 0.471. The Bertz CT molecular complexity index is 972. The largest absolute Gasteiger partial charge is 0.433 e. The number of H-pyrrole nitrogens is 1. The number of aromatic amines is 1. The number of hydrazine groups is 2. The van der Waals surface area contributed by atoms with Crippen molar-refractivity contribution in [2.75, 3.05) is 36.3 Å². The normalized spacial score (nSPS) is 21.2. The van der Waals surface area contributed by atoms with Crippen LogP contribution in [0.3, 0.4) is 0 Å². The van der Waals surface area contributed by atoms with Crippen LogP contribution in [0.5, 0.6) is 0 Å². The summed E-state index contributed by atoms with van der Waals surface area (Å²) >= 11 is 0. The van der Waals surface area contributed by atoms with Crippen molar-refractivity contribution in [2.24, 2.45) is 5.41 Å². The van der Waals surface area contributed by atoms with Crippen LogP contribution in [0, 0.1) is 5.41 Å². The molecule has 0 amide bonds. The fourth-order valence-electron chi connectivity index (χ4n) is 4.13. The summed E-state index contributed by atoms with van der Waals surface area (Å²) in [6, 6.07) is 2.52. The molecular formula is C17H18F3N7O. The molecule has 2 fully saturated rings. The SMILES string of the molecule is O=c1[nH]cnc2c1CN(c1ccnc(C(F)(F)F)c1)N2N1CCC2(CNC2)C1. The summed E-state index contributed by atoms with van der Waals surface area (Å²) in [6.45, 7) is 3.47. The van der Waals surface area contributed by atoms with E-state index in [9.17, 15) is 18.0 Å². The van der Waals surface area contributed by atoms with Crippen LogP contribution in [-0.4, -0.2) is 46.1 Å². The van der Waals surface area contributed by atoms with E-state index in [-0.39, 0.29) is 17.5 Å². The van der Waals surface area contributed by atoms with Crippen LogP contribution >= 0.6 is 0 Å². The van der Waals surface area contributed by atoms with Crippen LogP contribution in [0.1, 0.15) is 17.7 Å². The third-order valence-corrected chi connectivity index (χ3v) is 5.67. The van der Waals surface area contributed by atoms with Gasteiger partial charge in [-0.25, -0.2) is 4.98 Å². The van der Waals surface area contributed by atoms with Crippen molar-refractivity contribution >= 4 is 11.5 Å². The lowest BCUT2D eigenvalue weighted by Gasteiger charge is -2.42. The Balaban J connectivity index is 1.55. The molecule has 0 aromatic carbocycles. The van der Waals surface area contributed by atoms with Crippen molar-refractivity contribution in [2.45, 2.75) is 19.1 Å². The molecule has 1 spiro atoms. The van der Waals surface area contributed by atoms with Gasteiger partial charge in [0.2, 0.25) is 0 Å². The van der Waals surface area contributed by atoms with Crippen molar-refractivity contribution in [3.05, 3.63) is 46.3 Å². The maximum atomic E-state index is 13.2. The first kappa shape index (κ1) is 17.4. The number of fused-ring (bicyclic) bond motifs is 1. The van der Waals surface area contributed by atoms with E-state index >= 15 is 0 Å². The molecule has 0 bridgehead atoms. The summed E-state index contributed by atoms with van der Waals surface area (Å²) in [7, 11) is 0. The summed E-state index contributed by atoms with van der Waals surface area (Å²) in [6.07, 6.45) is -1.11. The Labute approximate surface area is 157 Å². The highest BCUT2D eigenvalue weighted by atomic mass is 19.4. The highest BCUT2D eigenvalue weighted by Crippen LogP contribution is 2.40. The summed E-state index contributed by atoms with van der Waals surface area (Å²) in [5.74, 6) is 0.457. The maximum Gasteiger partial charge on any atom is 0.433 e. The number of hydrogen-bond donors (Lipinski definition) is 2. The van der Waals surface area contributed by atoms with E-state index in [0.29, 0.717) is 17.1 Å². The monoisotopic (exact) mass is 393 g/mol. The van der Waals surface area contributed by atoms with E-state index < -0.39 is 11.9 Å². The average Bonchev–Trinajstić information content (AvgIpc) is 3.23. The molecule has 0 saturated carbocycles. The van der Waals surface area contributed by atoms with Gasteiger partial charge >= 0.3 is 6.18 Å². The Hall–Kier alpha value is -2.66. The molecule has 3 aliphatic rings. The van der Waals surface area contributed by atoms with Gasteiger partial charge in [0.15, 0.2) is 5.82 Å². The first-order chi connectivity index (χ1) is 13.4. The lowest BCUT2D eigenvalue weighted by atomic mass is 9.81. The molecule has 2 N–H and O–H groups in total. The van der Waals surface area contributed by atoms with Crippen molar-refractivity contribution in [3.63, 3.8) is 0 Å². The molecule has 0 unspecified atom stereocenters. The van der Waals surface area contributed by atoms with Gasteiger partial charge in [0.1, 0.15) is 5.69 Å². The van der Waals surface area contributed by atoms with Gasteiger partial charge in [0, 0.05) is 37.8 Å². The number of pyridine rings is 1. The van der Waals surface area contributed by atoms with E-state index in [2.05, 4.69) is 25.3 Å². The highest BCUT2D eigenvalue weighted by molar-refractivity contribution is 5.62. The summed E-state index contributed by atoms with van der Waals surface area (Å²) in [5.41, 5.74) is -0.344. The number of nitrogens with one attached hydrogen (secondary N) is 2. The van der Waals surface area contributed by atoms with Crippen molar-refractivity contribution in [1.29, 1.82) is 0 Å². The molecule has 8 nitrogen and oxygen atoms in total. The maximum absolute atomic E-state index is 13.2. The zero-order valence-corrected chi connectivity index (χ0v) is 14.8. The molecule has 11 heteroatoms. The standard InChI is InChI=1S/C17H18F3N7O/c18-17(19,20)13-5-11(1-3-22-13)26-6-12-14(23-10-24-15(12)28)27(26)25-4-2-16(9-25)7-21-8-16/h1,3,5,10,21H,2,4,6-9H2,(H,23,24,28). The topological polar surface area (TPSA) is 80.4 Å². The first-order valence-electron chi connectivity index (χ1n) is 8.99. The highest BCUT2D eigenvalue weighted by Gasteiger charge is 2.47. The van der Waals surface area contributed by atoms with Gasteiger partial charge in [-0.2, -0.15) is 23.3 Å². The minimum atomic E-state index is -4.54. The Morgan fingerprint density at radius 3 is 2.71 bits per heavy atom. The Kier molecular flexibility index (Phi) is 3.68. The molecule has 2 aromatic heterocycles. The van der Waals surface area contributed by atoms with Gasteiger partial charge in [-0.05, 0) is 18.6 Å². The molecular weight excluding hydrogens is 375 g/mol. The van der Waals surface area contributed by atoms with Gasteiger partial charge in [0.05, 0.1) is 24.1 Å². The van der Waals surface area contributed by atoms with Crippen LogP contribution in [0.4, 0.5) is 24.7 Å². The predicted octanol–water partition coefficient (Wildman–Crippen LogP) is 1.14. The lowest BCUT2D eigenvalue weighted by molar-refractivity contribution is -0.141. The van der Waals surface area contributed by atoms with E-state index in [1.54, 1.807) is 10.1 Å². The third-order valence-electron chi connectivity index (χ3n) is 5.67. The van der Waals surface area contributed by atoms with Crippen LogP contribution in [-0.2, 0) is 12.7 Å². The van der Waals surface area contributed by atoms with Gasteiger partial charge < -0.3 is 10.3 Å². The number of anilines is 2. The lowest BCUT2D eigenvalue weighted by Crippen LogP contribution is -2.57. The molecule has 0 aliphatic carbocycles. The summed E-state index contributed by atoms with van der Waals surface area (Å²) < 4.78 is 39.5. The Morgan fingerprint density at radius 2 is 2.04 bits per heavy atom. The molecule has 148 valence electrons. The minimum absolute atomic E-state index is 0.140. The van der Waals surface area contributed by atoms with Crippen LogP contribution in [0.25, 0.3) is 0 Å². The second kappa shape index (κ2) is 5.92. The number of aromatic nitrogens is 3. The fourth-order valence-corrected chi connectivity index (χ4v) is 4.13. The molecule has 5 heterocycles. The van der Waals surface area contributed by atoms with E-state index in [1.165, 1.54) is 12.4 Å². The first-order valence-corrected chi connectivity index (χ1v) is 8.99. The molecule has 3 aliphatic heterocycles. The minimum Gasteiger partial charge on any atom is -0.315 e. The quantitative estimate of drug-likeness (QED) is 0.792. The average molecular weight is 393 g/mol. The molecule has 5 rings (SSSR count). The van der Waals surface area contributed by atoms with Crippen molar-refractivity contribution in [1.82, 2.24) is 25.3 Å². The molecule has 0 atom stereocenters. The summed E-state index contributed by atoms with van der Waals surface area (Å²) in [4.78, 5) is 22.6. The van der Waals surface area contributed by atoms with E-state index in [4.69, 9.17) is 0 Å². The smallest absolute Gasteiger partial charge is 0.315 e. The van der Waals surface area contributed by atoms with Gasteiger partial charge in [-0.1, -0.05) is 0 Å². The van der Waals surface area contributed by atoms with Gasteiger partial charge in [-0.3, -0.25) is 14.8 Å². The zero-order chi connectivity index (χ0) is 19.5. The van der Waals surface area contributed by atoms with Crippen molar-refractivity contribution < 1.29 is 13.2 Å². The second-order valence-electron chi connectivity index (χ2n) is 7.52. The van der Waals surface area contributed by atoms with Crippen LogP contribution in [0.15, 0.2) is 29.5 Å². The van der Waals surface area contributed by atoms with Crippen molar-refractivity contribution in [3.8, 4) is 0 Å². The number of halogens is 3. The second-order valence-corrected chi connectivity index (χ2v) is 7.52. The summed E-state index contributed by atoms with van der Waals surface area (Å²) in [5, 5.41) is 8.77. The predicted molar refractivity (Wildman–Crippen MR) is 94.3 cm³/mol. The zero-order valence-electron chi connectivity index (χ0n) is 14.8. The number of rotatable bonds is 2. The molecule has 2 aromatic rings. The van der Waals surface area contributed by atoms with Gasteiger partial charge in [-0.15, -0.1) is 0 Å². The van der Waals surface area contributed by atoms with Gasteiger partial charge in [0.25, 0.3) is 5.56 Å². The van der Waals surface area contributed by atoms with Crippen LogP contribution < -0.4 is 21.0 Å². The third kappa shape index (κ3) is 2.65. The number of alkyl halides is 3. The number of nitrogens with zero attached hydrogens (tertiary/aromatic N) is 5.